The molecule has 0 bridgehead atoms. The second kappa shape index (κ2) is 8.78. The Bertz CT molecular complexity index is 827. The summed E-state index contributed by atoms with van der Waals surface area (Å²) in [7, 11) is 0. The number of nitrogens with one attached hydrogen (secondary N) is 1. The Kier molecular flexibility index (Phi) is 6.40. The van der Waals surface area contributed by atoms with E-state index < -0.39 is 0 Å². The smallest absolute Gasteiger partial charge is 0.217 e. The fourth-order valence-electron chi connectivity index (χ4n) is 3.95. The molecule has 2 aromatic rings. The van der Waals surface area contributed by atoms with Crippen LogP contribution in [0, 0.1) is 6.92 Å². The minimum atomic E-state index is 0.000744. The van der Waals surface area contributed by atoms with Gasteiger partial charge in [0.05, 0.1) is 12.1 Å². The molecule has 4 heteroatoms. The third kappa shape index (κ3) is 4.93. The number of amides is 1. The third-order valence-corrected chi connectivity index (χ3v) is 5.39. The van der Waals surface area contributed by atoms with Crippen molar-refractivity contribution < 1.29 is 9.53 Å². The molecule has 0 saturated heterocycles. The molecule has 1 amide bonds. The Balaban J connectivity index is 1.65. The van der Waals surface area contributed by atoms with E-state index in [1.165, 1.54) is 22.3 Å². The lowest BCUT2D eigenvalue weighted by Gasteiger charge is -2.30. The van der Waals surface area contributed by atoms with Crippen molar-refractivity contribution >= 4 is 5.91 Å². The summed E-state index contributed by atoms with van der Waals surface area (Å²) in [6.45, 7) is 12.9. The summed E-state index contributed by atoms with van der Waals surface area (Å²) >= 11 is 0. The van der Waals surface area contributed by atoms with Gasteiger partial charge < -0.3 is 10.1 Å². The molecule has 1 aliphatic heterocycles. The molecule has 1 N–H and O–H groups in total. The second-order valence-electron chi connectivity index (χ2n) is 8.12. The maximum atomic E-state index is 11.2. The molecular formula is C24H32N2O2. The summed E-state index contributed by atoms with van der Waals surface area (Å²) in [5.74, 6) is 1.02. The molecule has 28 heavy (non-hydrogen) atoms. The van der Waals surface area contributed by atoms with E-state index in [1.54, 1.807) is 6.92 Å². The highest BCUT2D eigenvalue weighted by Crippen LogP contribution is 2.30. The van der Waals surface area contributed by atoms with E-state index in [2.05, 4.69) is 67.4 Å². The van der Waals surface area contributed by atoms with E-state index in [9.17, 15) is 4.79 Å². The van der Waals surface area contributed by atoms with Gasteiger partial charge in [-0.15, -0.1) is 0 Å². The maximum Gasteiger partial charge on any atom is 0.217 e. The Labute approximate surface area is 168 Å². The van der Waals surface area contributed by atoms with Crippen LogP contribution in [-0.4, -0.2) is 23.5 Å². The fraction of sp³-hybridized carbons (Fsp3) is 0.458. The number of hydrogen-bond donors (Lipinski definition) is 1. The van der Waals surface area contributed by atoms with Crippen LogP contribution < -0.4 is 10.1 Å². The van der Waals surface area contributed by atoms with E-state index in [1.807, 2.05) is 6.92 Å². The molecule has 0 spiro atoms. The number of carbonyl (C=O) groups is 1. The minimum Gasteiger partial charge on any atom is -0.491 e. The number of benzene rings is 2. The third-order valence-electron chi connectivity index (χ3n) is 5.39. The predicted octanol–water partition coefficient (Wildman–Crippen LogP) is 4.54. The highest BCUT2D eigenvalue weighted by atomic mass is 16.5. The SMILES string of the molecule is CC(=O)N[C@@H](C)c1ccc(CN2CCc3c(ccc(OC(C)C)c3C)C2)cc1. The van der Waals surface area contributed by atoms with Gasteiger partial charge in [0.1, 0.15) is 5.75 Å². The zero-order valence-electron chi connectivity index (χ0n) is 17.7. The lowest BCUT2D eigenvalue weighted by atomic mass is 9.94. The number of hydrogen-bond acceptors (Lipinski definition) is 3. The molecule has 0 radical (unpaired) electrons. The molecule has 1 heterocycles. The van der Waals surface area contributed by atoms with Crippen molar-refractivity contribution in [3.63, 3.8) is 0 Å². The van der Waals surface area contributed by atoms with Gasteiger partial charge in [-0.1, -0.05) is 30.3 Å². The average molecular weight is 381 g/mol. The first-order valence-electron chi connectivity index (χ1n) is 10.2. The molecule has 3 rings (SSSR count). The van der Waals surface area contributed by atoms with Crippen LogP contribution in [0.3, 0.4) is 0 Å². The first-order valence-corrected chi connectivity index (χ1v) is 10.2. The highest BCUT2D eigenvalue weighted by Gasteiger charge is 2.20. The Hall–Kier alpha value is -2.33. The lowest BCUT2D eigenvalue weighted by molar-refractivity contribution is -0.119. The van der Waals surface area contributed by atoms with Gasteiger partial charge in [0.2, 0.25) is 5.91 Å². The van der Waals surface area contributed by atoms with Gasteiger partial charge in [0.15, 0.2) is 0 Å². The van der Waals surface area contributed by atoms with Gasteiger partial charge in [-0.05, 0) is 68.0 Å². The Morgan fingerprint density at radius 2 is 1.86 bits per heavy atom. The van der Waals surface area contributed by atoms with E-state index in [0.29, 0.717) is 0 Å². The van der Waals surface area contributed by atoms with E-state index in [4.69, 9.17) is 4.74 Å². The van der Waals surface area contributed by atoms with Crippen molar-refractivity contribution in [3.05, 3.63) is 64.2 Å². The van der Waals surface area contributed by atoms with Gasteiger partial charge in [0, 0.05) is 26.6 Å². The van der Waals surface area contributed by atoms with Crippen LogP contribution >= 0.6 is 0 Å². The monoisotopic (exact) mass is 380 g/mol. The van der Waals surface area contributed by atoms with Crippen LogP contribution in [0.4, 0.5) is 0 Å². The molecule has 0 aromatic heterocycles. The van der Waals surface area contributed by atoms with E-state index >= 15 is 0 Å². The normalized spacial score (nSPS) is 15.2. The maximum absolute atomic E-state index is 11.2. The van der Waals surface area contributed by atoms with Gasteiger partial charge in [-0.2, -0.15) is 0 Å². The number of rotatable bonds is 6. The summed E-state index contributed by atoms with van der Waals surface area (Å²) in [6.07, 6.45) is 1.27. The Morgan fingerprint density at radius 1 is 1.14 bits per heavy atom. The molecule has 150 valence electrons. The highest BCUT2D eigenvalue weighted by molar-refractivity contribution is 5.73. The van der Waals surface area contributed by atoms with Gasteiger partial charge in [-0.3, -0.25) is 9.69 Å². The molecule has 4 nitrogen and oxygen atoms in total. The molecule has 1 aliphatic rings. The van der Waals surface area contributed by atoms with Crippen LogP contribution in [0.15, 0.2) is 36.4 Å². The van der Waals surface area contributed by atoms with Crippen LogP contribution in [-0.2, 0) is 24.3 Å². The van der Waals surface area contributed by atoms with E-state index in [-0.39, 0.29) is 18.1 Å². The predicted molar refractivity (Wildman–Crippen MR) is 113 cm³/mol. The van der Waals surface area contributed by atoms with Crippen LogP contribution in [0.5, 0.6) is 5.75 Å². The quantitative estimate of drug-likeness (QED) is 0.800. The van der Waals surface area contributed by atoms with Crippen LogP contribution in [0.1, 0.15) is 61.6 Å². The number of carbonyl (C=O) groups excluding carboxylic acids is 1. The van der Waals surface area contributed by atoms with Crippen LogP contribution in [0.2, 0.25) is 0 Å². The van der Waals surface area contributed by atoms with E-state index in [0.717, 1.165) is 37.4 Å². The van der Waals surface area contributed by atoms with Crippen molar-refractivity contribution in [1.82, 2.24) is 10.2 Å². The van der Waals surface area contributed by atoms with Crippen LogP contribution in [0.25, 0.3) is 0 Å². The summed E-state index contributed by atoms with van der Waals surface area (Å²) in [5, 5.41) is 2.93. The molecule has 0 aliphatic carbocycles. The molecule has 0 saturated carbocycles. The minimum absolute atomic E-state index is 0.000744. The molecule has 1 atom stereocenters. The average Bonchev–Trinajstić information content (AvgIpc) is 2.64. The standard InChI is InChI=1S/C24H32N2O2/c1-16(2)28-24-11-10-22-15-26(13-12-23(22)17(24)3)14-20-6-8-21(9-7-20)18(4)25-19(5)27/h6-11,16,18H,12-15H2,1-5H3,(H,25,27)/t18-/m0/s1. The number of fused-ring (bicyclic) bond motifs is 1. The first-order chi connectivity index (χ1) is 13.3. The van der Waals surface area contributed by atoms with Crippen molar-refractivity contribution in [2.75, 3.05) is 6.54 Å². The summed E-state index contributed by atoms with van der Waals surface area (Å²) in [5.41, 5.74) is 6.60. The molecule has 0 unspecified atom stereocenters. The van der Waals surface area contributed by atoms with Gasteiger partial charge in [-0.25, -0.2) is 0 Å². The summed E-state index contributed by atoms with van der Waals surface area (Å²) < 4.78 is 5.95. The van der Waals surface area contributed by atoms with Crippen molar-refractivity contribution in [2.45, 2.75) is 66.3 Å². The number of nitrogens with zero attached hydrogens (tertiary/aromatic N) is 1. The van der Waals surface area contributed by atoms with Gasteiger partial charge in [0.25, 0.3) is 0 Å². The van der Waals surface area contributed by atoms with Gasteiger partial charge >= 0.3 is 0 Å². The summed E-state index contributed by atoms with van der Waals surface area (Å²) in [4.78, 5) is 13.7. The van der Waals surface area contributed by atoms with Crippen molar-refractivity contribution in [1.29, 1.82) is 0 Å². The van der Waals surface area contributed by atoms with Crippen molar-refractivity contribution in [3.8, 4) is 5.75 Å². The largest absolute Gasteiger partial charge is 0.491 e. The fourth-order valence-corrected chi connectivity index (χ4v) is 3.95. The molecular weight excluding hydrogens is 348 g/mol. The zero-order chi connectivity index (χ0) is 20.3. The topological polar surface area (TPSA) is 41.6 Å². The summed E-state index contributed by atoms with van der Waals surface area (Å²) in [6, 6.07) is 13.0. The van der Waals surface area contributed by atoms with Crippen molar-refractivity contribution in [2.24, 2.45) is 0 Å². The number of ether oxygens (including phenoxy) is 1. The first kappa shape index (κ1) is 20.4. The lowest BCUT2D eigenvalue weighted by Crippen LogP contribution is -2.30. The molecule has 2 aromatic carbocycles. The molecule has 0 fully saturated rings. The zero-order valence-corrected chi connectivity index (χ0v) is 17.7. The second-order valence-corrected chi connectivity index (χ2v) is 8.12. The Morgan fingerprint density at radius 3 is 2.50 bits per heavy atom.